The Morgan fingerprint density at radius 3 is 2.78 bits per heavy atom. The van der Waals surface area contributed by atoms with Crippen molar-refractivity contribution < 1.29 is 9.53 Å². The number of para-hydroxylation sites is 1. The van der Waals surface area contributed by atoms with Gasteiger partial charge in [0.1, 0.15) is 6.54 Å². The lowest BCUT2D eigenvalue weighted by atomic mass is 10.2. The van der Waals surface area contributed by atoms with Gasteiger partial charge in [0.05, 0.1) is 18.9 Å². The molecule has 3 aromatic rings. The number of morpholine rings is 1. The van der Waals surface area contributed by atoms with E-state index in [4.69, 9.17) is 16.3 Å². The number of aliphatic imine (C=N–C) groups is 1. The maximum absolute atomic E-state index is 12.6. The standard InChI is InChI=1S/C21H20ClN3O2/c22-17-4-3-5-18(12-17)23-13-16-14-25(20-7-2-1-6-19(16)20)15-21(26)24-8-10-27-11-9-24/h1-7,12-14H,8-11,15H2. The lowest BCUT2D eigenvalue weighted by Crippen LogP contribution is -2.42. The SMILES string of the molecule is O=C(Cn1cc(C=Nc2cccc(Cl)c2)c2ccccc21)N1CCOCC1. The Bertz CT molecular complexity index is 990. The molecule has 0 bridgehead atoms. The highest BCUT2D eigenvalue weighted by atomic mass is 35.5. The summed E-state index contributed by atoms with van der Waals surface area (Å²) in [4.78, 5) is 19.0. The highest BCUT2D eigenvalue weighted by Gasteiger charge is 2.18. The van der Waals surface area contributed by atoms with Gasteiger partial charge < -0.3 is 14.2 Å². The van der Waals surface area contributed by atoms with E-state index in [1.165, 1.54) is 0 Å². The summed E-state index contributed by atoms with van der Waals surface area (Å²) in [6.07, 6.45) is 3.81. The van der Waals surface area contributed by atoms with E-state index in [0.29, 0.717) is 37.9 Å². The predicted octanol–water partition coefficient (Wildman–Crippen LogP) is 3.90. The fourth-order valence-corrected chi connectivity index (χ4v) is 3.45. The van der Waals surface area contributed by atoms with Crippen LogP contribution in [0.25, 0.3) is 10.9 Å². The van der Waals surface area contributed by atoms with E-state index in [-0.39, 0.29) is 5.91 Å². The molecule has 0 spiro atoms. The van der Waals surface area contributed by atoms with E-state index in [1.807, 2.05) is 70.4 Å². The van der Waals surface area contributed by atoms with Crippen molar-refractivity contribution in [3.8, 4) is 0 Å². The Balaban J connectivity index is 1.61. The summed E-state index contributed by atoms with van der Waals surface area (Å²) < 4.78 is 7.32. The molecule has 27 heavy (non-hydrogen) atoms. The molecule has 0 radical (unpaired) electrons. The number of halogens is 1. The van der Waals surface area contributed by atoms with Gasteiger partial charge in [-0.2, -0.15) is 0 Å². The Morgan fingerprint density at radius 1 is 1.15 bits per heavy atom. The molecule has 138 valence electrons. The fraction of sp³-hybridized carbons (Fsp3) is 0.238. The zero-order chi connectivity index (χ0) is 18.6. The van der Waals surface area contributed by atoms with E-state index in [2.05, 4.69) is 4.99 Å². The summed E-state index contributed by atoms with van der Waals surface area (Å²) in [6.45, 7) is 2.83. The number of hydrogen-bond acceptors (Lipinski definition) is 3. The molecule has 6 heteroatoms. The number of fused-ring (bicyclic) bond motifs is 1. The monoisotopic (exact) mass is 381 g/mol. The van der Waals surface area contributed by atoms with Crippen molar-refractivity contribution in [3.05, 3.63) is 65.3 Å². The maximum atomic E-state index is 12.6. The number of benzene rings is 2. The first-order valence-corrected chi connectivity index (χ1v) is 9.31. The van der Waals surface area contributed by atoms with Gasteiger partial charge in [-0.15, -0.1) is 0 Å². The quantitative estimate of drug-likeness (QED) is 0.643. The molecule has 0 unspecified atom stereocenters. The average Bonchev–Trinajstić information content (AvgIpc) is 3.05. The number of hydrogen-bond donors (Lipinski definition) is 0. The molecule has 2 aromatic carbocycles. The first-order valence-electron chi connectivity index (χ1n) is 8.94. The van der Waals surface area contributed by atoms with Crippen LogP contribution in [0.15, 0.2) is 59.7 Å². The first kappa shape index (κ1) is 17.8. The average molecular weight is 382 g/mol. The van der Waals surface area contributed by atoms with E-state index in [1.54, 1.807) is 0 Å². The number of carbonyl (C=O) groups is 1. The number of amides is 1. The minimum atomic E-state index is 0.109. The molecule has 0 atom stereocenters. The van der Waals surface area contributed by atoms with Crippen LogP contribution in [0.5, 0.6) is 0 Å². The molecule has 5 nitrogen and oxygen atoms in total. The van der Waals surface area contributed by atoms with E-state index < -0.39 is 0 Å². The van der Waals surface area contributed by atoms with Gasteiger partial charge in [-0.3, -0.25) is 9.79 Å². The molecule has 1 aromatic heterocycles. The molecular formula is C21H20ClN3O2. The number of rotatable bonds is 4. The number of carbonyl (C=O) groups excluding carboxylic acids is 1. The van der Waals surface area contributed by atoms with Crippen LogP contribution in [0.2, 0.25) is 5.02 Å². The smallest absolute Gasteiger partial charge is 0.242 e. The first-order chi connectivity index (χ1) is 13.2. The maximum Gasteiger partial charge on any atom is 0.242 e. The molecule has 4 rings (SSSR count). The Hall–Kier alpha value is -2.63. The second kappa shape index (κ2) is 7.94. The second-order valence-corrected chi connectivity index (χ2v) is 6.90. The third-order valence-corrected chi connectivity index (χ3v) is 4.88. The molecule has 1 aliphatic heterocycles. The lowest BCUT2D eigenvalue weighted by molar-refractivity contribution is -0.135. The van der Waals surface area contributed by atoms with Gasteiger partial charge in [-0.1, -0.05) is 35.9 Å². The van der Waals surface area contributed by atoms with Gasteiger partial charge in [0.25, 0.3) is 0 Å². The molecule has 0 saturated carbocycles. The van der Waals surface area contributed by atoms with Crippen LogP contribution < -0.4 is 0 Å². The fourth-order valence-electron chi connectivity index (χ4n) is 3.27. The molecule has 0 aliphatic carbocycles. The van der Waals surface area contributed by atoms with Gasteiger partial charge in [-0.05, 0) is 24.3 Å². The Kier molecular flexibility index (Phi) is 5.23. The minimum absolute atomic E-state index is 0.109. The van der Waals surface area contributed by atoms with Crippen LogP contribution in [-0.2, 0) is 16.1 Å². The normalized spacial score (nSPS) is 14.9. The molecule has 1 fully saturated rings. The van der Waals surface area contributed by atoms with Crippen molar-refractivity contribution in [3.63, 3.8) is 0 Å². The van der Waals surface area contributed by atoms with Crippen LogP contribution in [-0.4, -0.2) is 47.9 Å². The van der Waals surface area contributed by atoms with Crippen molar-refractivity contribution in [1.29, 1.82) is 0 Å². The highest BCUT2D eigenvalue weighted by Crippen LogP contribution is 2.22. The van der Waals surface area contributed by atoms with Crippen molar-refractivity contribution in [1.82, 2.24) is 9.47 Å². The molecule has 1 saturated heterocycles. The van der Waals surface area contributed by atoms with Crippen molar-refractivity contribution in [2.45, 2.75) is 6.54 Å². The summed E-state index contributed by atoms with van der Waals surface area (Å²) in [6, 6.07) is 15.5. The van der Waals surface area contributed by atoms with Gasteiger partial charge in [0.15, 0.2) is 0 Å². The van der Waals surface area contributed by atoms with E-state index in [0.717, 1.165) is 22.2 Å². The van der Waals surface area contributed by atoms with Crippen LogP contribution in [0.4, 0.5) is 5.69 Å². The molecule has 2 heterocycles. The van der Waals surface area contributed by atoms with Crippen molar-refractivity contribution in [2.24, 2.45) is 4.99 Å². The summed E-state index contributed by atoms with van der Waals surface area (Å²) in [5.74, 6) is 0.109. The Morgan fingerprint density at radius 2 is 1.96 bits per heavy atom. The number of nitrogens with zero attached hydrogens (tertiary/aromatic N) is 3. The van der Waals surface area contributed by atoms with Gasteiger partial charge in [-0.25, -0.2) is 0 Å². The van der Waals surface area contributed by atoms with Crippen LogP contribution in [0.3, 0.4) is 0 Å². The molecule has 0 N–H and O–H groups in total. The summed E-state index contributed by atoms with van der Waals surface area (Å²) in [5.41, 5.74) is 2.79. The zero-order valence-corrected chi connectivity index (χ0v) is 15.6. The van der Waals surface area contributed by atoms with E-state index in [9.17, 15) is 4.79 Å². The van der Waals surface area contributed by atoms with Crippen LogP contribution >= 0.6 is 11.6 Å². The largest absolute Gasteiger partial charge is 0.378 e. The van der Waals surface area contributed by atoms with Gasteiger partial charge in [0, 0.05) is 47.0 Å². The molecule has 1 amide bonds. The van der Waals surface area contributed by atoms with Crippen LogP contribution in [0.1, 0.15) is 5.56 Å². The molecule has 1 aliphatic rings. The second-order valence-electron chi connectivity index (χ2n) is 6.46. The van der Waals surface area contributed by atoms with E-state index >= 15 is 0 Å². The lowest BCUT2D eigenvalue weighted by Gasteiger charge is -2.27. The van der Waals surface area contributed by atoms with Crippen molar-refractivity contribution >= 4 is 40.3 Å². The predicted molar refractivity (Wildman–Crippen MR) is 108 cm³/mol. The summed E-state index contributed by atoms with van der Waals surface area (Å²) in [5, 5.41) is 1.72. The summed E-state index contributed by atoms with van der Waals surface area (Å²) in [7, 11) is 0. The van der Waals surface area contributed by atoms with Crippen molar-refractivity contribution in [2.75, 3.05) is 26.3 Å². The number of ether oxygens (including phenoxy) is 1. The van der Waals surface area contributed by atoms with Gasteiger partial charge >= 0.3 is 0 Å². The minimum Gasteiger partial charge on any atom is -0.378 e. The van der Waals surface area contributed by atoms with Gasteiger partial charge in [0.2, 0.25) is 5.91 Å². The van der Waals surface area contributed by atoms with Crippen LogP contribution in [0, 0.1) is 0 Å². The number of aromatic nitrogens is 1. The third-order valence-electron chi connectivity index (χ3n) is 4.65. The summed E-state index contributed by atoms with van der Waals surface area (Å²) >= 11 is 6.03. The third kappa shape index (κ3) is 4.04. The molecular weight excluding hydrogens is 362 g/mol. The Labute approximate surface area is 162 Å². The topological polar surface area (TPSA) is 46.8 Å². The highest BCUT2D eigenvalue weighted by molar-refractivity contribution is 6.30. The zero-order valence-electron chi connectivity index (χ0n) is 14.8.